The van der Waals surface area contributed by atoms with Crippen molar-refractivity contribution < 1.29 is 4.79 Å². The lowest BCUT2D eigenvalue weighted by Gasteiger charge is -2.21. The van der Waals surface area contributed by atoms with Crippen molar-refractivity contribution in [2.45, 2.75) is 32.2 Å². The summed E-state index contributed by atoms with van der Waals surface area (Å²) in [6.07, 6.45) is 3.83. The monoisotopic (exact) mass is 225 g/mol. The van der Waals surface area contributed by atoms with E-state index < -0.39 is 0 Å². The van der Waals surface area contributed by atoms with Crippen molar-refractivity contribution in [3.63, 3.8) is 0 Å². The van der Waals surface area contributed by atoms with Gasteiger partial charge in [-0.3, -0.25) is 4.79 Å². The third-order valence-corrected chi connectivity index (χ3v) is 3.47. The van der Waals surface area contributed by atoms with Crippen LogP contribution >= 0.6 is 0 Å². The Labute approximate surface area is 98.0 Å². The van der Waals surface area contributed by atoms with E-state index in [0.717, 1.165) is 51.7 Å². The normalized spacial score (nSPS) is 23.2. The highest BCUT2D eigenvalue weighted by Crippen LogP contribution is 2.18. The van der Waals surface area contributed by atoms with Gasteiger partial charge in [0.1, 0.15) is 0 Å². The minimum atomic E-state index is 0.220. The van der Waals surface area contributed by atoms with Crippen molar-refractivity contribution >= 4 is 5.91 Å². The second-order valence-electron chi connectivity index (χ2n) is 4.93. The molecule has 1 aliphatic heterocycles. The summed E-state index contributed by atoms with van der Waals surface area (Å²) in [5, 5.41) is 3.54. The third kappa shape index (κ3) is 3.76. The van der Waals surface area contributed by atoms with E-state index in [1.807, 2.05) is 4.90 Å². The highest BCUT2D eigenvalue weighted by atomic mass is 16.2. The first-order chi connectivity index (χ1) is 7.75. The summed E-state index contributed by atoms with van der Waals surface area (Å²) in [7, 11) is 0. The summed E-state index contributed by atoms with van der Waals surface area (Å²) < 4.78 is 0. The van der Waals surface area contributed by atoms with Gasteiger partial charge in [0.25, 0.3) is 0 Å². The Morgan fingerprint density at radius 1 is 1.25 bits per heavy atom. The summed E-state index contributed by atoms with van der Waals surface area (Å²) in [6, 6.07) is 0.806. The molecule has 16 heavy (non-hydrogen) atoms. The number of carbonyl (C=O) groups is 1. The Bertz CT molecular complexity index is 240. The van der Waals surface area contributed by atoms with Gasteiger partial charge >= 0.3 is 0 Å². The predicted octanol–water partition coefficient (Wildman–Crippen LogP) is 0.293. The fourth-order valence-corrected chi connectivity index (χ4v) is 2.22. The van der Waals surface area contributed by atoms with E-state index in [1.165, 1.54) is 12.8 Å². The van der Waals surface area contributed by atoms with Crippen LogP contribution in [0.4, 0.5) is 0 Å². The van der Waals surface area contributed by atoms with E-state index >= 15 is 0 Å². The van der Waals surface area contributed by atoms with Gasteiger partial charge in [-0.05, 0) is 25.8 Å². The Kier molecular flexibility index (Phi) is 4.18. The van der Waals surface area contributed by atoms with Gasteiger partial charge < -0.3 is 15.1 Å². The van der Waals surface area contributed by atoms with Crippen molar-refractivity contribution in [3.05, 3.63) is 0 Å². The van der Waals surface area contributed by atoms with E-state index in [9.17, 15) is 4.79 Å². The molecule has 1 saturated heterocycles. The standard InChI is InChI=1S/C12H23N3O/c1-11(16)15-7-2-6-14(9-10-15)8-5-13-12-3-4-12/h12-13H,2-10H2,1H3. The lowest BCUT2D eigenvalue weighted by atomic mass is 10.4. The van der Waals surface area contributed by atoms with Crippen LogP contribution < -0.4 is 5.32 Å². The van der Waals surface area contributed by atoms with Crippen LogP contribution in [0.5, 0.6) is 0 Å². The van der Waals surface area contributed by atoms with E-state index in [2.05, 4.69) is 10.2 Å². The maximum absolute atomic E-state index is 11.3. The van der Waals surface area contributed by atoms with Crippen molar-refractivity contribution in [2.24, 2.45) is 0 Å². The Balaban J connectivity index is 1.64. The zero-order chi connectivity index (χ0) is 11.4. The van der Waals surface area contributed by atoms with Crippen LogP contribution in [0.3, 0.4) is 0 Å². The minimum Gasteiger partial charge on any atom is -0.342 e. The first-order valence-electron chi connectivity index (χ1n) is 6.47. The summed E-state index contributed by atoms with van der Waals surface area (Å²) in [6.45, 7) is 7.90. The van der Waals surface area contributed by atoms with Gasteiger partial charge in [0, 0.05) is 45.7 Å². The van der Waals surface area contributed by atoms with Gasteiger partial charge in [-0.25, -0.2) is 0 Å². The van der Waals surface area contributed by atoms with Gasteiger partial charge in [-0.2, -0.15) is 0 Å². The zero-order valence-corrected chi connectivity index (χ0v) is 10.2. The molecule has 4 nitrogen and oxygen atoms in total. The molecular weight excluding hydrogens is 202 g/mol. The van der Waals surface area contributed by atoms with E-state index in [4.69, 9.17) is 0 Å². The number of rotatable bonds is 4. The summed E-state index contributed by atoms with van der Waals surface area (Å²) in [5.74, 6) is 0.220. The largest absolute Gasteiger partial charge is 0.342 e. The molecule has 1 amide bonds. The fourth-order valence-electron chi connectivity index (χ4n) is 2.22. The second-order valence-corrected chi connectivity index (χ2v) is 4.93. The van der Waals surface area contributed by atoms with E-state index in [0.29, 0.717) is 0 Å². The van der Waals surface area contributed by atoms with Crippen LogP contribution in [0.1, 0.15) is 26.2 Å². The average Bonchev–Trinajstić information content (AvgIpc) is 3.04. The van der Waals surface area contributed by atoms with Crippen LogP contribution in [-0.2, 0) is 4.79 Å². The van der Waals surface area contributed by atoms with Crippen LogP contribution in [0.25, 0.3) is 0 Å². The van der Waals surface area contributed by atoms with Crippen molar-refractivity contribution in [3.8, 4) is 0 Å². The van der Waals surface area contributed by atoms with Crippen LogP contribution in [0.15, 0.2) is 0 Å². The van der Waals surface area contributed by atoms with Crippen LogP contribution in [0, 0.1) is 0 Å². The number of nitrogens with zero attached hydrogens (tertiary/aromatic N) is 2. The quantitative estimate of drug-likeness (QED) is 0.747. The second kappa shape index (κ2) is 5.64. The molecule has 0 atom stereocenters. The molecule has 1 aliphatic carbocycles. The fraction of sp³-hybridized carbons (Fsp3) is 0.917. The molecule has 2 rings (SSSR count). The topological polar surface area (TPSA) is 35.6 Å². The first-order valence-corrected chi connectivity index (χ1v) is 6.47. The van der Waals surface area contributed by atoms with Crippen LogP contribution in [-0.4, -0.2) is 61.0 Å². The summed E-state index contributed by atoms with van der Waals surface area (Å²) >= 11 is 0. The molecule has 1 N–H and O–H groups in total. The smallest absolute Gasteiger partial charge is 0.219 e. The highest BCUT2D eigenvalue weighted by Gasteiger charge is 2.21. The Hall–Kier alpha value is -0.610. The number of hydrogen-bond acceptors (Lipinski definition) is 3. The predicted molar refractivity (Wildman–Crippen MR) is 64.3 cm³/mol. The molecule has 2 fully saturated rings. The molecule has 0 unspecified atom stereocenters. The van der Waals surface area contributed by atoms with Gasteiger partial charge in [0.05, 0.1) is 0 Å². The number of nitrogens with one attached hydrogen (secondary N) is 1. The molecule has 2 aliphatic rings. The maximum Gasteiger partial charge on any atom is 0.219 e. The van der Waals surface area contributed by atoms with Gasteiger partial charge in [0.2, 0.25) is 5.91 Å². The average molecular weight is 225 g/mol. The molecule has 0 radical (unpaired) electrons. The molecular formula is C12H23N3O. The van der Waals surface area contributed by atoms with Crippen molar-refractivity contribution in [1.29, 1.82) is 0 Å². The Morgan fingerprint density at radius 3 is 2.75 bits per heavy atom. The number of carbonyl (C=O) groups excluding carboxylic acids is 1. The van der Waals surface area contributed by atoms with E-state index in [-0.39, 0.29) is 5.91 Å². The van der Waals surface area contributed by atoms with Crippen LogP contribution in [0.2, 0.25) is 0 Å². The summed E-state index contributed by atoms with van der Waals surface area (Å²) in [4.78, 5) is 15.7. The summed E-state index contributed by atoms with van der Waals surface area (Å²) in [5.41, 5.74) is 0. The number of hydrogen-bond donors (Lipinski definition) is 1. The van der Waals surface area contributed by atoms with Gasteiger partial charge in [0.15, 0.2) is 0 Å². The molecule has 0 aromatic heterocycles. The SMILES string of the molecule is CC(=O)N1CCCN(CCNC2CC2)CC1. The zero-order valence-electron chi connectivity index (χ0n) is 10.2. The highest BCUT2D eigenvalue weighted by molar-refractivity contribution is 5.73. The first kappa shape index (κ1) is 11.9. The third-order valence-electron chi connectivity index (χ3n) is 3.47. The lowest BCUT2D eigenvalue weighted by molar-refractivity contribution is -0.128. The molecule has 4 heteroatoms. The molecule has 92 valence electrons. The molecule has 1 saturated carbocycles. The van der Waals surface area contributed by atoms with Crippen molar-refractivity contribution in [2.75, 3.05) is 39.3 Å². The molecule has 1 heterocycles. The molecule has 0 aromatic carbocycles. The van der Waals surface area contributed by atoms with E-state index in [1.54, 1.807) is 6.92 Å². The van der Waals surface area contributed by atoms with Gasteiger partial charge in [-0.1, -0.05) is 0 Å². The van der Waals surface area contributed by atoms with Gasteiger partial charge in [-0.15, -0.1) is 0 Å². The molecule has 0 bridgehead atoms. The van der Waals surface area contributed by atoms with Crippen molar-refractivity contribution in [1.82, 2.24) is 15.1 Å². The minimum absolute atomic E-state index is 0.220. The maximum atomic E-state index is 11.3. The number of amides is 1. The molecule has 0 spiro atoms. The molecule has 0 aromatic rings. The Morgan fingerprint density at radius 2 is 2.06 bits per heavy atom. The lowest BCUT2D eigenvalue weighted by Crippen LogP contribution is -2.36.